The number of aryl methyl sites for hydroxylation is 1. The number of nitrogens with one attached hydrogen (secondary N) is 1. The number of hydrogen-bond acceptors (Lipinski definition) is 3. The molecule has 0 aliphatic heterocycles. The Balaban J connectivity index is 2.05. The van der Waals surface area contributed by atoms with Crippen molar-refractivity contribution in [3.05, 3.63) is 93.8 Å². The third-order valence-electron chi connectivity index (χ3n) is 4.19. The van der Waals surface area contributed by atoms with Gasteiger partial charge < -0.3 is 14.6 Å². The molecule has 1 heterocycles. The molecule has 0 spiro atoms. The third-order valence-corrected chi connectivity index (χ3v) is 4.19. The highest BCUT2D eigenvalue weighted by Gasteiger charge is 2.22. The van der Waals surface area contributed by atoms with Crippen LogP contribution in [0, 0.1) is 6.92 Å². The van der Waals surface area contributed by atoms with E-state index in [1.54, 1.807) is 12.1 Å². The summed E-state index contributed by atoms with van der Waals surface area (Å²) in [5.74, 6) is -0.184. The van der Waals surface area contributed by atoms with Crippen LogP contribution in [0.3, 0.4) is 0 Å². The normalized spacial score (nSPS) is 10.4. The monoisotopic (exact) mass is 362 g/mol. The van der Waals surface area contributed by atoms with Crippen molar-refractivity contribution in [2.75, 3.05) is 11.9 Å². The highest BCUT2D eigenvalue weighted by molar-refractivity contribution is 6.05. The topological polar surface area (TPSA) is 60.3 Å². The highest BCUT2D eigenvalue weighted by atomic mass is 16.5. The zero-order valence-corrected chi connectivity index (χ0v) is 15.4. The Morgan fingerprint density at radius 1 is 1.04 bits per heavy atom. The van der Waals surface area contributed by atoms with E-state index in [2.05, 4.69) is 5.32 Å². The SMILES string of the molecule is CCOc1c(C(=O)Nc2ccccc2)c(=O)cc(C)n1Cc1ccccc1. The molecule has 5 nitrogen and oxygen atoms in total. The van der Waals surface area contributed by atoms with Gasteiger partial charge in [0.2, 0.25) is 5.88 Å². The van der Waals surface area contributed by atoms with Crippen LogP contribution in [0.4, 0.5) is 5.69 Å². The Bertz CT molecular complexity index is 980. The van der Waals surface area contributed by atoms with Gasteiger partial charge in [-0.3, -0.25) is 9.59 Å². The lowest BCUT2D eigenvalue weighted by atomic mass is 10.1. The molecule has 0 fully saturated rings. The maximum Gasteiger partial charge on any atom is 0.265 e. The van der Waals surface area contributed by atoms with E-state index in [-0.39, 0.29) is 11.0 Å². The first-order valence-electron chi connectivity index (χ1n) is 8.87. The van der Waals surface area contributed by atoms with E-state index in [1.807, 2.05) is 66.9 Å². The van der Waals surface area contributed by atoms with Gasteiger partial charge in [-0.15, -0.1) is 0 Å². The molecule has 5 heteroatoms. The summed E-state index contributed by atoms with van der Waals surface area (Å²) in [4.78, 5) is 25.5. The van der Waals surface area contributed by atoms with Crippen LogP contribution in [0.25, 0.3) is 0 Å². The first-order valence-corrected chi connectivity index (χ1v) is 8.87. The summed E-state index contributed by atoms with van der Waals surface area (Å²) in [5.41, 5.74) is 2.08. The van der Waals surface area contributed by atoms with Gasteiger partial charge in [-0.2, -0.15) is 0 Å². The summed E-state index contributed by atoms with van der Waals surface area (Å²) in [7, 11) is 0. The highest BCUT2D eigenvalue weighted by Crippen LogP contribution is 2.21. The first kappa shape index (κ1) is 18.5. The number of anilines is 1. The van der Waals surface area contributed by atoms with Gasteiger partial charge in [0.1, 0.15) is 5.56 Å². The molecule has 0 saturated heterocycles. The van der Waals surface area contributed by atoms with Crippen LogP contribution in [0.1, 0.15) is 28.5 Å². The van der Waals surface area contributed by atoms with Gasteiger partial charge in [0.05, 0.1) is 13.2 Å². The molecule has 0 atom stereocenters. The number of carbonyl (C=O) groups excluding carboxylic acids is 1. The average Bonchev–Trinajstić information content (AvgIpc) is 2.66. The predicted octanol–water partition coefficient (Wildman–Crippen LogP) is 3.86. The van der Waals surface area contributed by atoms with E-state index in [9.17, 15) is 9.59 Å². The predicted molar refractivity (Wildman–Crippen MR) is 107 cm³/mol. The molecular formula is C22H22N2O3. The van der Waals surface area contributed by atoms with Crippen LogP contribution in [-0.4, -0.2) is 17.1 Å². The Labute approximate surface area is 158 Å². The third kappa shape index (κ3) is 4.26. The minimum absolute atomic E-state index is 0.0160. The molecular weight excluding hydrogens is 340 g/mol. The van der Waals surface area contributed by atoms with E-state index in [0.717, 1.165) is 11.3 Å². The quantitative estimate of drug-likeness (QED) is 0.724. The molecule has 2 aromatic carbocycles. The molecule has 0 unspecified atom stereocenters. The van der Waals surface area contributed by atoms with Crippen molar-refractivity contribution >= 4 is 11.6 Å². The number of aromatic nitrogens is 1. The summed E-state index contributed by atoms with van der Waals surface area (Å²) >= 11 is 0. The number of carbonyl (C=O) groups is 1. The van der Waals surface area contributed by atoms with Gasteiger partial charge in [0.15, 0.2) is 5.43 Å². The van der Waals surface area contributed by atoms with Gasteiger partial charge in [-0.05, 0) is 31.5 Å². The van der Waals surface area contributed by atoms with Crippen LogP contribution in [0.15, 0.2) is 71.5 Å². The molecule has 138 valence electrons. The summed E-state index contributed by atoms with van der Waals surface area (Å²) in [6, 6.07) is 20.4. The lowest BCUT2D eigenvalue weighted by molar-refractivity contribution is 0.102. The zero-order chi connectivity index (χ0) is 19.2. The maximum atomic E-state index is 12.8. The zero-order valence-electron chi connectivity index (χ0n) is 15.4. The molecule has 0 aliphatic carbocycles. The second kappa shape index (κ2) is 8.36. The lowest BCUT2D eigenvalue weighted by Gasteiger charge is -2.19. The summed E-state index contributed by atoms with van der Waals surface area (Å²) in [6.45, 7) is 4.53. The van der Waals surface area contributed by atoms with E-state index in [0.29, 0.717) is 24.7 Å². The van der Waals surface area contributed by atoms with Crippen molar-refractivity contribution in [2.45, 2.75) is 20.4 Å². The smallest absolute Gasteiger partial charge is 0.265 e. The molecule has 0 saturated carbocycles. The van der Waals surface area contributed by atoms with Gasteiger partial charge in [0, 0.05) is 17.4 Å². The molecule has 3 rings (SSSR count). The van der Waals surface area contributed by atoms with E-state index in [1.165, 1.54) is 6.07 Å². The number of pyridine rings is 1. The minimum Gasteiger partial charge on any atom is -0.478 e. The second-order valence-corrected chi connectivity index (χ2v) is 6.16. The number of rotatable bonds is 6. The van der Waals surface area contributed by atoms with Crippen molar-refractivity contribution in [1.29, 1.82) is 0 Å². The van der Waals surface area contributed by atoms with E-state index in [4.69, 9.17) is 4.74 Å². The number of para-hydroxylation sites is 1. The number of benzene rings is 2. The van der Waals surface area contributed by atoms with Crippen LogP contribution in [0.5, 0.6) is 5.88 Å². The van der Waals surface area contributed by atoms with E-state index < -0.39 is 5.91 Å². The summed E-state index contributed by atoms with van der Waals surface area (Å²) < 4.78 is 7.62. The standard InChI is InChI=1S/C22H22N2O3/c1-3-27-22-20(21(26)23-18-12-8-5-9-13-18)19(25)14-16(2)24(22)15-17-10-6-4-7-11-17/h4-14H,3,15H2,1-2H3,(H,23,26). The molecule has 1 N–H and O–H groups in total. The average molecular weight is 362 g/mol. The largest absolute Gasteiger partial charge is 0.478 e. The molecule has 27 heavy (non-hydrogen) atoms. The van der Waals surface area contributed by atoms with Crippen molar-refractivity contribution in [2.24, 2.45) is 0 Å². The molecule has 0 aliphatic rings. The van der Waals surface area contributed by atoms with Crippen LogP contribution >= 0.6 is 0 Å². The molecule has 3 aromatic rings. The fraction of sp³-hybridized carbons (Fsp3) is 0.182. The van der Waals surface area contributed by atoms with Crippen LogP contribution in [0.2, 0.25) is 0 Å². The lowest BCUT2D eigenvalue weighted by Crippen LogP contribution is -2.27. The van der Waals surface area contributed by atoms with Crippen molar-refractivity contribution in [3.8, 4) is 5.88 Å². The van der Waals surface area contributed by atoms with Gasteiger partial charge in [-0.1, -0.05) is 48.5 Å². The summed E-state index contributed by atoms with van der Waals surface area (Å²) in [5, 5.41) is 2.78. The number of nitrogens with zero attached hydrogens (tertiary/aromatic N) is 1. The molecule has 1 aromatic heterocycles. The van der Waals surface area contributed by atoms with Crippen LogP contribution in [-0.2, 0) is 6.54 Å². The second-order valence-electron chi connectivity index (χ2n) is 6.16. The van der Waals surface area contributed by atoms with Gasteiger partial charge >= 0.3 is 0 Å². The van der Waals surface area contributed by atoms with Crippen molar-refractivity contribution < 1.29 is 9.53 Å². The maximum absolute atomic E-state index is 12.8. The molecule has 1 amide bonds. The number of ether oxygens (including phenoxy) is 1. The Hall–Kier alpha value is -3.34. The van der Waals surface area contributed by atoms with Crippen molar-refractivity contribution in [1.82, 2.24) is 4.57 Å². The van der Waals surface area contributed by atoms with Crippen LogP contribution < -0.4 is 15.5 Å². The fourth-order valence-electron chi connectivity index (χ4n) is 2.91. The van der Waals surface area contributed by atoms with Gasteiger partial charge in [0.25, 0.3) is 5.91 Å². The van der Waals surface area contributed by atoms with E-state index >= 15 is 0 Å². The summed E-state index contributed by atoms with van der Waals surface area (Å²) in [6.07, 6.45) is 0. The number of amides is 1. The Kier molecular flexibility index (Phi) is 5.71. The van der Waals surface area contributed by atoms with Crippen molar-refractivity contribution in [3.63, 3.8) is 0 Å². The van der Waals surface area contributed by atoms with Gasteiger partial charge in [-0.25, -0.2) is 0 Å². The first-order chi connectivity index (χ1) is 13.1. The molecule has 0 bridgehead atoms. The number of hydrogen-bond donors (Lipinski definition) is 1. The Morgan fingerprint density at radius 3 is 2.30 bits per heavy atom. The Morgan fingerprint density at radius 2 is 1.67 bits per heavy atom. The fourth-order valence-corrected chi connectivity index (χ4v) is 2.91. The molecule has 0 radical (unpaired) electrons. The minimum atomic E-state index is -0.475.